The summed E-state index contributed by atoms with van der Waals surface area (Å²) in [5, 5.41) is 9.19. The minimum Gasteiger partial charge on any atom is -0.398 e. The first-order valence-corrected chi connectivity index (χ1v) is 7.39. The highest BCUT2D eigenvalue weighted by Crippen LogP contribution is 2.21. The molecule has 1 aromatic rings. The molecule has 1 aromatic carbocycles. The van der Waals surface area contributed by atoms with Gasteiger partial charge in [-0.15, -0.1) is 0 Å². The molecule has 3 N–H and O–H groups in total. The number of aliphatic hydroxyl groups excluding tert-OH is 1. The molecule has 1 atom stereocenters. The van der Waals surface area contributed by atoms with Gasteiger partial charge in [-0.1, -0.05) is 24.4 Å². The molecule has 0 aromatic heterocycles. The van der Waals surface area contributed by atoms with Crippen molar-refractivity contribution < 1.29 is 9.32 Å². The number of halogens is 1. The molecule has 0 heterocycles. The number of hydrogen-bond donors (Lipinski definition) is 2. The van der Waals surface area contributed by atoms with Crippen LogP contribution in [0.5, 0.6) is 0 Å². The van der Waals surface area contributed by atoms with Crippen molar-refractivity contribution in [3.05, 3.63) is 23.2 Å². The van der Waals surface area contributed by atoms with Gasteiger partial charge in [0.2, 0.25) is 0 Å². The fourth-order valence-electron chi connectivity index (χ4n) is 1.54. The summed E-state index contributed by atoms with van der Waals surface area (Å²) in [6.07, 6.45) is 3.66. The van der Waals surface area contributed by atoms with Gasteiger partial charge in [0.15, 0.2) is 0 Å². The third kappa shape index (κ3) is 5.06. The van der Waals surface area contributed by atoms with Crippen molar-refractivity contribution in [2.75, 3.05) is 18.1 Å². The standard InChI is InChI=1S/C12H18ClNO2S/c13-10-5-6-12(11(14)9-10)17(16)8-4-2-1-3-7-15/h5-6,9,15H,1-4,7-8,14H2. The zero-order valence-corrected chi connectivity index (χ0v) is 11.3. The third-order valence-corrected chi connectivity index (χ3v) is 4.21. The lowest BCUT2D eigenvalue weighted by Gasteiger charge is -2.06. The van der Waals surface area contributed by atoms with Crippen molar-refractivity contribution in [3.63, 3.8) is 0 Å². The van der Waals surface area contributed by atoms with E-state index in [0.29, 0.717) is 21.4 Å². The van der Waals surface area contributed by atoms with Gasteiger partial charge >= 0.3 is 0 Å². The maximum Gasteiger partial charge on any atom is 0.0618 e. The van der Waals surface area contributed by atoms with E-state index in [2.05, 4.69) is 0 Å². The molecule has 17 heavy (non-hydrogen) atoms. The first kappa shape index (κ1) is 14.5. The summed E-state index contributed by atoms with van der Waals surface area (Å²) in [7, 11) is -1.05. The minimum atomic E-state index is -1.05. The van der Waals surface area contributed by atoms with Crippen molar-refractivity contribution in [1.29, 1.82) is 0 Å². The topological polar surface area (TPSA) is 63.3 Å². The maximum atomic E-state index is 11.9. The normalized spacial score (nSPS) is 12.6. The SMILES string of the molecule is Nc1cc(Cl)ccc1S(=O)CCCCCCO. The number of anilines is 1. The second kappa shape index (κ2) is 7.69. The number of benzene rings is 1. The Bertz CT molecular complexity index is 385. The van der Waals surface area contributed by atoms with Gasteiger partial charge in [-0.2, -0.15) is 0 Å². The molecule has 0 amide bonds. The van der Waals surface area contributed by atoms with Crippen molar-refractivity contribution in [2.45, 2.75) is 30.6 Å². The van der Waals surface area contributed by atoms with Gasteiger partial charge < -0.3 is 10.8 Å². The molecule has 96 valence electrons. The van der Waals surface area contributed by atoms with Crippen molar-refractivity contribution >= 4 is 28.1 Å². The minimum absolute atomic E-state index is 0.229. The van der Waals surface area contributed by atoms with Crippen molar-refractivity contribution in [3.8, 4) is 0 Å². The van der Waals surface area contributed by atoms with E-state index in [4.69, 9.17) is 22.4 Å². The first-order valence-electron chi connectivity index (χ1n) is 5.69. The van der Waals surface area contributed by atoms with Crippen LogP contribution in [-0.2, 0) is 10.8 Å². The number of rotatable bonds is 7. The van der Waals surface area contributed by atoms with E-state index in [1.165, 1.54) is 0 Å². The Labute approximate surface area is 109 Å². The Hall–Kier alpha value is -0.580. The molecule has 1 unspecified atom stereocenters. The summed E-state index contributed by atoms with van der Waals surface area (Å²) in [6, 6.07) is 5.05. The summed E-state index contributed by atoms with van der Waals surface area (Å²) in [4.78, 5) is 0.663. The lowest BCUT2D eigenvalue weighted by molar-refractivity contribution is 0.283. The average Bonchev–Trinajstić information content (AvgIpc) is 2.28. The number of nitrogen functional groups attached to an aromatic ring is 1. The van der Waals surface area contributed by atoms with Crippen LogP contribution in [-0.4, -0.2) is 21.7 Å². The van der Waals surface area contributed by atoms with Gasteiger partial charge in [-0.05, 0) is 31.0 Å². The third-order valence-electron chi connectivity index (χ3n) is 2.45. The van der Waals surface area contributed by atoms with Crippen LogP contribution in [0.1, 0.15) is 25.7 Å². The Balaban J connectivity index is 2.42. The Morgan fingerprint density at radius 1 is 1.24 bits per heavy atom. The zero-order valence-electron chi connectivity index (χ0n) is 9.69. The lowest BCUT2D eigenvalue weighted by Crippen LogP contribution is -2.02. The Morgan fingerprint density at radius 3 is 2.59 bits per heavy atom. The van der Waals surface area contributed by atoms with Crippen LogP contribution in [0.2, 0.25) is 5.02 Å². The summed E-state index contributed by atoms with van der Waals surface area (Å²) in [5.74, 6) is 0.608. The molecule has 1 rings (SSSR count). The molecule has 0 saturated heterocycles. The number of hydrogen-bond acceptors (Lipinski definition) is 3. The molecule has 0 bridgehead atoms. The molecule has 3 nitrogen and oxygen atoms in total. The van der Waals surface area contributed by atoms with E-state index in [1.54, 1.807) is 18.2 Å². The van der Waals surface area contributed by atoms with Crippen LogP contribution < -0.4 is 5.73 Å². The fraction of sp³-hybridized carbons (Fsp3) is 0.500. The second-order valence-electron chi connectivity index (χ2n) is 3.87. The van der Waals surface area contributed by atoms with E-state index in [9.17, 15) is 4.21 Å². The molecule has 0 fully saturated rings. The average molecular weight is 276 g/mol. The molecule has 0 aliphatic rings. The Kier molecular flexibility index (Phi) is 6.55. The molecule has 0 radical (unpaired) electrons. The molecular weight excluding hydrogens is 258 g/mol. The summed E-state index contributed by atoms with van der Waals surface area (Å²) in [5.41, 5.74) is 6.26. The van der Waals surface area contributed by atoms with Gasteiger partial charge in [0.05, 0.1) is 15.7 Å². The highest BCUT2D eigenvalue weighted by molar-refractivity contribution is 7.85. The molecule has 5 heteroatoms. The largest absolute Gasteiger partial charge is 0.398 e. The number of unbranched alkanes of at least 4 members (excludes halogenated alkanes) is 3. The summed E-state index contributed by atoms with van der Waals surface area (Å²) >= 11 is 5.78. The van der Waals surface area contributed by atoms with Gasteiger partial charge in [-0.25, -0.2) is 0 Å². The molecule has 0 saturated carbocycles. The van der Waals surface area contributed by atoms with Gasteiger partial charge in [0.1, 0.15) is 0 Å². The molecule has 0 aliphatic carbocycles. The summed E-state index contributed by atoms with van der Waals surface area (Å²) in [6.45, 7) is 0.229. The van der Waals surface area contributed by atoms with Crippen LogP contribution >= 0.6 is 11.6 Å². The van der Waals surface area contributed by atoms with E-state index in [-0.39, 0.29) is 6.61 Å². The van der Waals surface area contributed by atoms with E-state index >= 15 is 0 Å². The van der Waals surface area contributed by atoms with Gasteiger partial charge in [0, 0.05) is 23.1 Å². The quantitative estimate of drug-likeness (QED) is 0.594. The van der Waals surface area contributed by atoms with Gasteiger partial charge in [0.25, 0.3) is 0 Å². The van der Waals surface area contributed by atoms with Crippen LogP contribution in [0.3, 0.4) is 0 Å². The van der Waals surface area contributed by atoms with Crippen molar-refractivity contribution in [2.24, 2.45) is 0 Å². The monoisotopic (exact) mass is 275 g/mol. The van der Waals surface area contributed by atoms with Crippen molar-refractivity contribution in [1.82, 2.24) is 0 Å². The molecule has 0 spiro atoms. The Morgan fingerprint density at radius 2 is 1.94 bits per heavy atom. The number of aliphatic hydroxyl groups is 1. The zero-order chi connectivity index (χ0) is 12.7. The number of nitrogens with two attached hydrogens (primary N) is 1. The molecular formula is C12H18ClNO2S. The fourth-order valence-corrected chi connectivity index (χ4v) is 2.94. The van der Waals surface area contributed by atoms with E-state index in [0.717, 1.165) is 25.7 Å². The van der Waals surface area contributed by atoms with E-state index in [1.807, 2.05) is 0 Å². The second-order valence-corrected chi connectivity index (χ2v) is 5.85. The predicted molar refractivity (Wildman–Crippen MR) is 72.7 cm³/mol. The van der Waals surface area contributed by atoms with Crippen LogP contribution in [0.4, 0.5) is 5.69 Å². The predicted octanol–water partition coefficient (Wildman–Crippen LogP) is 2.58. The maximum absolute atomic E-state index is 11.9. The highest BCUT2D eigenvalue weighted by Gasteiger charge is 2.07. The van der Waals surface area contributed by atoms with Gasteiger partial charge in [-0.3, -0.25) is 4.21 Å². The summed E-state index contributed by atoms with van der Waals surface area (Å²) < 4.78 is 11.9. The lowest BCUT2D eigenvalue weighted by atomic mass is 10.2. The van der Waals surface area contributed by atoms with Crippen LogP contribution in [0.15, 0.2) is 23.1 Å². The smallest absolute Gasteiger partial charge is 0.0618 e. The van der Waals surface area contributed by atoms with Crippen LogP contribution in [0.25, 0.3) is 0 Å². The molecule has 0 aliphatic heterocycles. The first-order chi connectivity index (χ1) is 8.15. The van der Waals surface area contributed by atoms with E-state index < -0.39 is 10.8 Å². The van der Waals surface area contributed by atoms with Crippen LogP contribution in [0, 0.1) is 0 Å². The highest BCUT2D eigenvalue weighted by atomic mass is 35.5.